The number of ether oxygens (including phenoxy) is 1. The Kier molecular flexibility index (Phi) is 5.80. The van der Waals surface area contributed by atoms with Crippen molar-refractivity contribution >= 4 is 11.8 Å². The zero-order chi connectivity index (χ0) is 13.5. The Morgan fingerprint density at radius 3 is 3.21 bits per heavy atom. The van der Waals surface area contributed by atoms with Crippen LogP contribution in [0.15, 0.2) is 30.9 Å². The molecule has 19 heavy (non-hydrogen) atoms. The van der Waals surface area contributed by atoms with Gasteiger partial charge in [-0.3, -0.25) is 0 Å². The molecule has 1 aromatic carbocycles. The van der Waals surface area contributed by atoms with E-state index < -0.39 is 0 Å². The lowest BCUT2D eigenvalue weighted by Gasteiger charge is -2.18. The fraction of sp³-hybridized carbons (Fsp3) is 0.500. The first-order valence-electron chi connectivity index (χ1n) is 7.02. The van der Waals surface area contributed by atoms with E-state index in [1.807, 2.05) is 17.8 Å². The molecular formula is C16H23NOS. The SMILES string of the molecule is C=CCSCCNC(CC)c1ccc2c(c1)CCO2. The summed E-state index contributed by atoms with van der Waals surface area (Å²) in [7, 11) is 0. The smallest absolute Gasteiger partial charge is 0.122 e. The molecule has 3 heteroatoms. The number of hydrogen-bond acceptors (Lipinski definition) is 3. The highest BCUT2D eigenvalue weighted by molar-refractivity contribution is 7.99. The molecule has 0 saturated carbocycles. The van der Waals surface area contributed by atoms with E-state index in [4.69, 9.17) is 4.74 Å². The average Bonchev–Trinajstić information content (AvgIpc) is 2.90. The van der Waals surface area contributed by atoms with Gasteiger partial charge in [0.25, 0.3) is 0 Å². The first-order valence-corrected chi connectivity index (χ1v) is 8.18. The number of benzene rings is 1. The van der Waals surface area contributed by atoms with Crippen LogP contribution in [0, 0.1) is 0 Å². The Balaban J connectivity index is 1.88. The van der Waals surface area contributed by atoms with Crippen LogP contribution in [-0.4, -0.2) is 24.7 Å². The monoisotopic (exact) mass is 277 g/mol. The van der Waals surface area contributed by atoms with Crippen LogP contribution in [0.5, 0.6) is 5.75 Å². The van der Waals surface area contributed by atoms with Crippen LogP contribution < -0.4 is 10.1 Å². The van der Waals surface area contributed by atoms with Crippen molar-refractivity contribution in [1.82, 2.24) is 5.32 Å². The second-order valence-corrected chi connectivity index (χ2v) is 5.89. The predicted octanol–water partition coefficient (Wildman–Crippen LogP) is 3.58. The summed E-state index contributed by atoms with van der Waals surface area (Å²) in [5.74, 6) is 3.24. The largest absolute Gasteiger partial charge is 0.493 e. The van der Waals surface area contributed by atoms with Crippen LogP contribution in [0.2, 0.25) is 0 Å². The summed E-state index contributed by atoms with van der Waals surface area (Å²) in [6.45, 7) is 7.85. The molecule has 0 spiro atoms. The highest BCUT2D eigenvalue weighted by atomic mass is 32.2. The lowest BCUT2D eigenvalue weighted by Crippen LogP contribution is -2.23. The molecule has 1 atom stereocenters. The van der Waals surface area contributed by atoms with E-state index in [9.17, 15) is 0 Å². The third kappa shape index (κ3) is 4.02. The van der Waals surface area contributed by atoms with E-state index in [0.29, 0.717) is 6.04 Å². The summed E-state index contributed by atoms with van der Waals surface area (Å²) in [4.78, 5) is 0. The van der Waals surface area contributed by atoms with Gasteiger partial charge >= 0.3 is 0 Å². The van der Waals surface area contributed by atoms with Gasteiger partial charge in [-0.05, 0) is 23.6 Å². The van der Waals surface area contributed by atoms with Gasteiger partial charge in [-0.1, -0.05) is 25.1 Å². The summed E-state index contributed by atoms with van der Waals surface area (Å²) in [6.07, 6.45) is 4.13. The van der Waals surface area contributed by atoms with Crippen LogP contribution in [-0.2, 0) is 6.42 Å². The number of rotatable bonds is 8. The Bertz CT molecular complexity index is 419. The van der Waals surface area contributed by atoms with Gasteiger partial charge in [-0.25, -0.2) is 0 Å². The molecular weight excluding hydrogens is 254 g/mol. The fourth-order valence-corrected chi connectivity index (χ4v) is 2.99. The van der Waals surface area contributed by atoms with Crippen LogP contribution >= 0.6 is 11.8 Å². The quantitative estimate of drug-likeness (QED) is 0.579. The van der Waals surface area contributed by atoms with E-state index in [0.717, 1.165) is 43.2 Å². The van der Waals surface area contributed by atoms with Gasteiger partial charge in [0, 0.05) is 30.5 Å². The summed E-state index contributed by atoms with van der Waals surface area (Å²) in [5.41, 5.74) is 2.75. The number of hydrogen-bond donors (Lipinski definition) is 1. The van der Waals surface area contributed by atoms with Crippen molar-refractivity contribution in [2.75, 3.05) is 24.7 Å². The molecule has 0 bridgehead atoms. The Morgan fingerprint density at radius 2 is 2.42 bits per heavy atom. The molecule has 0 saturated heterocycles. The van der Waals surface area contributed by atoms with Crippen molar-refractivity contribution < 1.29 is 4.74 Å². The van der Waals surface area contributed by atoms with E-state index in [1.165, 1.54) is 11.1 Å². The van der Waals surface area contributed by atoms with Gasteiger partial charge in [-0.2, -0.15) is 11.8 Å². The van der Waals surface area contributed by atoms with Crippen LogP contribution in [0.3, 0.4) is 0 Å². The molecule has 1 aromatic rings. The van der Waals surface area contributed by atoms with Crippen LogP contribution in [0.25, 0.3) is 0 Å². The molecule has 1 N–H and O–H groups in total. The molecule has 0 radical (unpaired) electrons. The minimum Gasteiger partial charge on any atom is -0.493 e. The summed E-state index contributed by atoms with van der Waals surface area (Å²) < 4.78 is 5.56. The minimum absolute atomic E-state index is 0.454. The fourth-order valence-electron chi connectivity index (χ4n) is 2.39. The normalized spacial score (nSPS) is 14.8. The van der Waals surface area contributed by atoms with Crippen LogP contribution in [0.4, 0.5) is 0 Å². The number of nitrogens with one attached hydrogen (secondary N) is 1. The molecule has 1 heterocycles. The maximum absolute atomic E-state index is 5.56. The second kappa shape index (κ2) is 7.61. The first-order chi connectivity index (χ1) is 9.35. The number of fused-ring (bicyclic) bond motifs is 1. The molecule has 2 rings (SSSR count). The maximum Gasteiger partial charge on any atom is 0.122 e. The Labute approximate surface area is 120 Å². The molecule has 0 aromatic heterocycles. The van der Waals surface area contributed by atoms with E-state index in [2.05, 4.69) is 37.0 Å². The molecule has 0 aliphatic carbocycles. The van der Waals surface area contributed by atoms with Crippen molar-refractivity contribution in [3.63, 3.8) is 0 Å². The number of thioether (sulfide) groups is 1. The van der Waals surface area contributed by atoms with Crippen molar-refractivity contribution in [3.05, 3.63) is 42.0 Å². The van der Waals surface area contributed by atoms with Gasteiger partial charge < -0.3 is 10.1 Å². The average molecular weight is 277 g/mol. The van der Waals surface area contributed by atoms with E-state index in [1.54, 1.807) is 0 Å². The summed E-state index contributed by atoms with van der Waals surface area (Å²) in [6, 6.07) is 7.08. The van der Waals surface area contributed by atoms with Gasteiger partial charge in [0.2, 0.25) is 0 Å². The maximum atomic E-state index is 5.56. The lowest BCUT2D eigenvalue weighted by atomic mass is 10.0. The van der Waals surface area contributed by atoms with Crippen molar-refractivity contribution in [3.8, 4) is 5.75 Å². The zero-order valence-electron chi connectivity index (χ0n) is 11.7. The predicted molar refractivity (Wildman–Crippen MR) is 84.2 cm³/mol. The van der Waals surface area contributed by atoms with Gasteiger partial charge in [0.05, 0.1) is 6.61 Å². The summed E-state index contributed by atoms with van der Waals surface area (Å²) in [5, 5.41) is 3.64. The van der Waals surface area contributed by atoms with Crippen molar-refractivity contribution in [1.29, 1.82) is 0 Å². The molecule has 1 unspecified atom stereocenters. The first kappa shape index (κ1) is 14.5. The summed E-state index contributed by atoms with van der Waals surface area (Å²) >= 11 is 1.92. The highest BCUT2D eigenvalue weighted by Crippen LogP contribution is 2.29. The molecule has 0 amide bonds. The molecule has 2 nitrogen and oxygen atoms in total. The van der Waals surface area contributed by atoms with Gasteiger partial charge in [-0.15, -0.1) is 6.58 Å². The highest BCUT2D eigenvalue weighted by Gasteiger charge is 2.15. The Hall–Kier alpha value is -0.930. The van der Waals surface area contributed by atoms with E-state index >= 15 is 0 Å². The lowest BCUT2D eigenvalue weighted by molar-refractivity contribution is 0.356. The molecule has 1 aliphatic rings. The minimum atomic E-state index is 0.454. The third-order valence-electron chi connectivity index (χ3n) is 3.40. The second-order valence-electron chi connectivity index (χ2n) is 4.74. The van der Waals surface area contributed by atoms with Gasteiger partial charge in [0.15, 0.2) is 0 Å². The zero-order valence-corrected chi connectivity index (χ0v) is 12.5. The topological polar surface area (TPSA) is 21.3 Å². The van der Waals surface area contributed by atoms with Crippen molar-refractivity contribution in [2.45, 2.75) is 25.8 Å². The molecule has 104 valence electrons. The van der Waals surface area contributed by atoms with E-state index in [-0.39, 0.29) is 0 Å². The molecule has 1 aliphatic heterocycles. The van der Waals surface area contributed by atoms with Crippen molar-refractivity contribution in [2.24, 2.45) is 0 Å². The van der Waals surface area contributed by atoms with Crippen LogP contribution in [0.1, 0.15) is 30.5 Å². The Morgan fingerprint density at radius 1 is 1.53 bits per heavy atom. The molecule has 0 fully saturated rings. The third-order valence-corrected chi connectivity index (χ3v) is 4.36. The standard InChI is InChI=1S/C16H23NOS/c1-3-10-19-11-8-17-15(4-2)13-5-6-16-14(12-13)7-9-18-16/h3,5-6,12,15,17H,1,4,7-11H2,2H3. The van der Waals surface area contributed by atoms with Gasteiger partial charge in [0.1, 0.15) is 5.75 Å².